The van der Waals surface area contributed by atoms with Crippen LogP contribution < -0.4 is 10.6 Å². The highest BCUT2D eigenvalue weighted by Crippen LogP contribution is 2.27. The van der Waals surface area contributed by atoms with Crippen LogP contribution in [-0.2, 0) is 11.2 Å². The zero-order valence-electron chi connectivity index (χ0n) is 11.1. The summed E-state index contributed by atoms with van der Waals surface area (Å²) in [4.78, 5) is 14.2. The van der Waals surface area contributed by atoms with E-state index in [9.17, 15) is 4.79 Å². The number of hydrogen-bond donors (Lipinski definition) is 1. The third-order valence-electron chi connectivity index (χ3n) is 3.56. The number of aryl methyl sites for hydroxylation is 1. The van der Waals surface area contributed by atoms with E-state index >= 15 is 0 Å². The summed E-state index contributed by atoms with van der Waals surface area (Å²) in [6.07, 6.45) is 4.97. The van der Waals surface area contributed by atoms with Crippen molar-refractivity contribution in [1.82, 2.24) is 0 Å². The normalized spacial score (nSPS) is 16.2. The van der Waals surface area contributed by atoms with Gasteiger partial charge in [0.05, 0.1) is 6.04 Å². The molecule has 1 atom stereocenters. The van der Waals surface area contributed by atoms with Crippen LogP contribution in [0.5, 0.6) is 0 Å². The standard InChI is InChI=1S/C15H22N2O/c1-2-3-9-13(16)15(18)17-11-6-8-12-7-4-5-10-14(12)17/h4-5,7,10,13H,2-3,6,8-9,11,16H2,1H3/t13-/m0/s1. The van der Waals surface area contributed by atoms with Gasteiger partial charge in [0.15, 0.2) is 0 Å². The molecule has 0 spiro atoms. The first-order valence-electron chi connectivity index (χ1n) is 6.89. The lowest BCUT2D eigenvalue weighted by Gasteiger charge is -2.31. The van der Waals surface area contributed by atoms with E-state index in [0.29, 0.717) is 0 Å². The fourth-order valence-electron chi connectivity index (χ4n) is 2.51. The molecule has 0 radical (unpaired) electrons. The van der Waals surface area contributed by atoms with Gasteiger partial charge in [0.25, 0.3) is 0 Å². The summed E-state index contributed by atoms with van der Waals surface area (Å²) >= 11 is 0. The maximum absolute atomic E-state index is 12.4. The summed E-state index contributed by atoms with van der Waals surface area (Å²) < 4.78 is 0. The Morgan fingerprint density at radius 2 is 2.22 bits per heavy atom. The highest BCUT2D eigenvalue weighted by atomic mass is 16.2. The van der Waals surface area contributed by atoms with E-state index in [1.165, 1.54) is 5.56 Å². The van der Waals surface area contributed by atoms with Crippen molar-refractivity contribution in [1.29, 1.82) is 0 Å². The van der Waals surface area contributed by atoms with Gasteiger partial charge in [0, 0.05) is 12.2 Å². The Kier molecular flexibility index (Phi) is 4.37. The molecule has 3 heteroatoms. The van der Waals surface area contributed by atoms with Gasteiger partial charge in [-0.1, -0.05) is 38.0 Å². The molecule has 1 aliphatic rings. The van der Waals surface area contributed by atoms with Gasteiger partial charge in [-0.3, -0.25) is 4.79 Å². The smallest absolute Gasteiger partial charge is 0.243 e. The molecule has 1 aromatic carbocycles. The number of carbonyl (C=O) groups excluding carboxylic acids is 1. The molecule has 2 N–H and O–H groups in total. The minimum Gasteiger partial charge on any atom is -0.320 e. The molecule has 0 fully saturated rings. The van der Waals surface area contributed by atoms with Crippen molar-refractivity contribution in [2.45, 2.75) is 45.1 Å². The Morgan fingerprint density at radius 3 is 3.00 bits per heavy atom. The number of amides is 1. The van der Waals surface area contributed by atoms with Crippen LogP contribution in [0.3, 0.4) is 0 Å². The molecule has 1 aliphatic heterocycles. The third kappa shape index (κ3) is 2.72. The van der Waals surface area contributed by atoms with Crippen LogP contribution in [0.4, 0.5) is 5.69 Å². The lowest BCUT2D eigenvalue weighted by molar-refractivity contribution is -0.120. The lowest BCUT2D eigenvalue weighted by Crippen LogP contribution is -2.46. The Hall–Kier alpha value is -1.35. The summed E-state index contributed by atoms with van der Waals surface area (Å²) in [6, 6.07) is 7.80. The summed E-state index contributed by atoms with van der Waals surface area (Å²) in [7, 11) is 0. The largest absolute Gasteiger partial charge is 0.320 e. The predicted octanol–water partition coefficient (Wildman–Crippen LogP) is 2.48. The van der Waals surface area contributed by atoms with Crippen molar-refractivity contribution in [3.8, 4) is 0 Å². The minimum atomic E-state index is -0.351. The first kappa shape index (κ1) is 13.1. The fraction of sp³-hybridized carbons (Fsp3) is 0.533. The molecule has 1 aromatic rings. The second-order valence-electron chi connectivity index (χ2n) is 4.97. The Balaban J connectivity index is 2.12. The van der Waals surface area contributed by atoms with E-state index in [1.54, 1.807) is 0 Å². The number of carbonyl (C=O) groups is 1. The van der Waals surface area contributed by atoms with E-state index in [2.05, 4.69) is 13.0 Å². The zero-order valence-corrected chi connectivity index (χ0v) is 11.1. The number of para-hydroxylation sites is 1. The van der Waals surface area contributed by atoms with Crippen LogP contribution >= 0.6 is 0 Å². The first-order chi connectivity index (χ1) is 8.74. The van der Waals surface area contributed by atoms with Gasteiger partial charge in [0.2, 0.25) is 5.91 Å². The zero-order chi connectivity index (χ0) is 13.0. The highest BCUT2D eigenvalue weighted by molar-refractivity contribution is 5.98. The topological polar surface area (TPSA) is 46.3 Å². The van der Waals surface area contributed by atoms with Crippen molar-refractivity contribution >= 4 is 11.6 Å². The number of rotatable bonds is 4. The third-order valence-corrected chi connectivity index (χ3v) is 3.56. The number of hydrogen-bond acceptors (Lipinski definition) is 2. The van der Waals surface area contributed by atoms with Crippen molar-refractivity contribution < 1.29 is 4.79 Å². The molecule has 0 saturated heterocycles. The molecule has 3 nitrogen and oxygen atoms in total. The molecule has 18 heavy (non-hydrogen) atoms. The van der Waals surface area contributed by atoms with Gasteiger partial charge in [-0.2, -0.15) is 0 Å². The van der Waals surface area contributed by atoms with Crippen molar-refractivity contribution in [3.63, 3.8) is 0 Å². The maximum Gasteiger partial charge on any atom is 0.243 e. The van der Waals surface area contributed by atoms with Gasteiger partial charge < -0.3 is 10.6 Å². The average molecular weight is 246 g/mol. The number of fused-ring (bicyclic) bond motifs is 1. The Bertz CT molecular complexity index is 417. The van der Waals surface area contributed by atoms with Crippen molar-refractivity contribution in [3.05, 3.63) is 29.8 Å². The monoisotopic (exact) mass is 246 g/mol. The molecule has 98 valence electrons. The molecule has 1 amide bonds. The number of benzene rings is 1. The van der Waals surface area contributed by atoms with Gasteiger partial charge in [-0.15, -0.1) is 0 Å². The summed E-state index contributed by atoms with van der Waals surface area (Å²) in [6.45, 7) is 2.92. The molecular weight excluding hydrogens is 224 g/mol. The van der Waals surface area contributed by atoms with Gasteiger partial charge in [-0.25, -0.2) is 0 Å². The second-order valence-corrected chi connectivity index (χ2v) is 4.97. The SMILES string of the molecule is CCCC[C@H](N)C(=O)N1CCCc2ccccc21. The number of nitrogens with two attached hydrogens (primary N) is 1. The average Bonchev–Trinajstić information content (AvgIpc) is 2.43. The Labute approximate surface area is 109 Å². The summed E-state index contributed by atoms with van der Waals surface area (Å²) in [5.41, 5.74) is 8.32. The van der Waals surface area contributed by atoms with E-state index in [-0.39, 0.29) is 11.9 Å². The maximum atomic E-state index is 12.4. The van der Waals surface area contributed by atoms with E-state index in [1.807, 2.05) is 23.1 Å². The van der Waals surface area contributed by atoms with Crippen LogP contribution in [0.2, 0.25) is 0 Å². The fourth-order valence-corrected chi connectivity index (χ4v) is 2.51. The number of nitrogens with zero attached hydrogens (tertiary/aromatic N) is 1. The van der Waals surface area contributed by atoms with Crippen LogP contribution in [0.1, 0.15) is 38.2 Å². The van der Waals surface area contributed by atoms with E-state index in [0.717, 1.165) is 44.3 Å². The Morgan fingerprint density at radius 1 is 1.44 bits per heavy atom. The quantitative estimate of drug-likeness (QED) is 0.887. The van der Waals surface area contributed by atoms with Crippen LogP contribution in [0, 0.1) is 0 Å². The molecule has 0 bridgehead atoms. The van der Waals surface area contributed by atoms with Crippen LogP contribution in [0.15, 0.2) is 24.3 Å². The van der Waals surface area contributed by atoms with E-state index < -0.39 is 0 Å². The van der Waals surface area contributed by atoms with Gasteiger partial charge in [-0.05, 0) is 30.9 Å². The summed E-state index contributed by atoms with van der Waals surface area (Å²) in [5, 5.41) is 0. The minimum absolute atomic E-state index is 0.0793. The number of anilines is 1. The molecule has 0 aliphatic carbocycles. The lowest BCUT2D eigenvalue weighted by atomic mass is 10.00. The van der Waals surface area contributed by atoms with Crippen LogP contribution in [-0.4, -0.2) is 18.5 Å². The summed E-state index contributed by atoms with van der Waals surface area (Å²) in [5.74, 6) is 0.0793. The molecule has 2 rings (SSSR count). The van der Waals surface area contributed by atoms with E-state index in [4.69, 9.17) is 5.73 Å². The highest BCUT2D eigenvalue weighted by Gasteiger charge is 2.25. The number of unbranched alkanes of at least 4 members (excludes halogenated alkanes) is 1. The second kappa shape index (κ2) is 6.01. The molecular formula is C15H22N2O. The molecule has 0 aromatic heterocycles. The van der Waals surface area contributed by atoms with Gasteiger partial charge >= 0.3 is 0 Å². The molecule has 0 saturated carbocycles. The molecule has 0 unspecified atom stereocenters. The van der Waals surface area contributed by atoms with Gasteiger partial charge in [0.1, 0.15) is 0 Å². The van der Waals surface area contributed by atoms with Crippen LogP contribution in [0.25, 0.3) is 0 Å². The predicted molar refractivity (Wildman–Crippen MR) is 74.6 cm³/mol. The first-order valence-corrected chi connectivity index (χ1v) is 6.89. The molecule has 1 heterocycles. The van der Waals surface area contributed by atoms with Crippen molar-refractivity contribution in [2.24, 2.45) is 5.73 Å². The van der Waals surface area contributed by atoms with Crippen molar-refractivity contribution in [2.75, 3.05) is 11.4 Å².